The molecule has 0 aromatic carbocycles. The van der Waals surface area contributed by atoms with Crippen molar-refractivity contribution in [2.45, 2.75) is 26.7 Å². The first-order chi connectivity index (χ1) is 8.11. The molecular formula is C10H15N3O4. The van der Waals surface area contributed by atoms with E-state index in [2.05, 4.69) is 20.2 Å². The summed E-state index contributed by atoms with van der Waals surface area (Å²) in [4.78, 5) is 26.2. The van der Waals surface area contributed by atoms with Crippen LogP contribution in [0.3, 0.4) is 0 Å². The van der Waals surface area contributed by atoms with E-state index in [0.717, 1.165) is 0 Å². The predicted octanol–water partition coefficient (Wildman–Crippen LogP) is -0.0101. The van der Waals surface area contributed by atoms with Crippen molar-refractivity contribution in [2.75, 3.05) is 13.2 Å². The van der Waals surface area contributed by atoms with Crippen molar-refractivity contribution in [3.63, 3.8) is 0 Å². The second kappa shape index (κ2) is 6.62. The van der Waals surface area contributed by atoms with Crippen molar-refractivity contribution in [2.24, 2.45) is 0 Å². The fraction of sp³-hybridized carbons (Fsp3) is 0.600. The molecule has 1 N–H and O–H groups in total. The van der Waals surface area contributed by atoms with E-state index in [1.165, 1.54) is 0 Å². The molecule has 1 aromatic rings. The van der Waals surface area contributed by atoms with Gasteiger partial charge in [-0.3, -0.25) is 9.59 Å². The average Bonchev–Trinajstić information content (AvgIpc) is 2.70. The molecule has 0 aliphatic heterocycles. The van der Waals surface area contributed by atoms with Gasteiger partial charge in [0.15, 0.2) is 5.82 Å². The van der Waals surface area contributed by atoms with Crippen LogP contribution in [-0.2, 0) is 20.7 Å². The lowest BCUT2D eigenvalue weighted by molar-refractivity contribution is -0.143. The normalized spacial score (nSPS) is 10.0. The summed E-state index contributed by atoms with van der Waals surface area (Å²) in [6.07, 6.45) is 0.552. The van der Waals surface area contributed by atoms with E-state index in [-0.39, 0.29) is 18.9 Å². The Balaban J connectivity index is 2.19. The summed E-state index contributed by atoms with van der Waals surface area (Å²) in [5.74, 6) is 0.240. The lowest BCUT2D eigenvalue weighted by atomic mass is 10.3. The number of carbonyl (C=O) groups is 2. The van der Waals surface area contributed by atoms with Crippen molar-refractivity contribution >= 4 is 11.9 Å². The number of amides is 1. The average molecular weight is 241 g/mol. The molecule has 7 heteroatoms. The van der Waals surface area contributed by atoms with E-state index in [1.807, 2.05) is 0 Å². The van der Waals surface area contributed by atoms with Gasteiger partial charge in [-0.1, -0.05) is 5.16 Å². The van der Waals surface area contributed by atoms with Crippen LogP contribution in [0.25, 0.3) is 0 Å². The minimum absolute atomic E-state index is 0.116. The smallest absolute Gasteiger partial charge is 0.325 e. The molecule has 1 rings (SSSR count). The number of carbonyl (C=O) groups excluding carboxylic acids is 2. The molecule has 17 heavy (non-hydrogen) atoms. The highest BCUT2D eigenvalue weighted by atomic mass is 16.5. The Morgan fingerprint density at radius 3 is 2.82 bits per heavy atom. The van der Waals surface area contributed by atoms with Crippen LogP contribution in [0.5, 0.6) is 0 Å². The number of aryl methyl sites for hydroxylation is 2. The van der Waals surface area contributed by atoms with Crippen LogP contribution in [0.2, 0.25) is 0 Å². The standard InChI is InChI=1S/C10H15N3O4/c1-3-16-10(15)6-11-8(14)4-5-9-12-7(2)13-17-9/h3-6H2,1-2H3,(H,11,14). The summed E-state index contributed by atoms with van der Waals surface area (Å²) >= 11 is 0. The van der Waals surface area contributed by atoms with Crippen LogP contribution in [0, 0.1) is 6.92 Å². The van der Waals surface area contributed by atoms with Gasteiger partial charge in [-0.05, 0) is 13.8 Å². The SMILES string of the molecule is CCOC(=O)CNC(=O)CCc1nc(C)no1. The number of esters is 1. The predicted molar refractivity (Wildman–Crippen MR) is 57.0 cm³/mol. The van der Waals surface area contributed by atoms with Crippen molar-refractivity contribution < 1.29 is 18.8 Å². The first kappa shape index (κ1) is 13.1. The molecule has 94 valence electrons. The number of ether oxygens (including phenoxy) is 1. The van der Waals surface area contributed by atoms with Crippen LogP contribution in [-0.4, -0.2) is 35.2 Å². The van der Waals surface area contributed by atoms with Gasteiger partial charge >= 0.3 is 5.97 Å². The molecule has 0 saturated carbocycles. The van der Waals surface area contributed by atoms with Crippen molar-refractivity contribution in [3.8, 4) is 0 Å². The molecule has 0 aliphatic carbocycles. The zero-order valence-electron chi connectivity index (χ0n) is 9.86. The number of rotatable bonds is 6. The third-order valence-electron chi connectivity index (χ3n) is 1.87. The molecule has 1 aromatic heterocycles. The van der Waals surface area contributed by atoms with Gasteiger partial charge in [-0.25, -0.2) is 0 Å². The monoisotopic (exact) mass is 241 g/mol. The number of hydrogen-bond donors (Lipinski definition) is 1. The highest BCUT2D eigenvalue weighted by molar-refractivity contribution is 5.81. The van der Waals surface area contributed by atoms with E-state index >= 15 is 0 Å². The van der Waals surface area contributed by atoms with E-state index in [1.54, 1.807) is 13.8 Å². The molecule has 0 unspecified atom stereocenters. The summed E-state index contributed by atoms with van der Waals surface area (Å²) in [5, 5.41) is 6.04. The Bertz CT molecular complexity index is 389. The third-order valence-corrected chi connectivity index (χ3v) is 1.87. The number of hydrogen-bond acceptors (Lipinski definition) is 6. The third kappa shape index (κ3) is 5.10. The minimum Gasteiger partial charge on any atom is -0.465 e. The van der Waals surface area contributed by atoms with Crippen molar-refractivity contribution in [1.29, 1.82) is 0 Å². The number of nitrogens with zero attached hydrogens (tertiary/aromatic N) is 2. The van der Waals surface area contributed by atoms with Crippen LogP contribution < -0.4 is 5.32 Å². The highest BCUT2D eigenvalue weighted by Crippen LogP contribution is 1.99. The van der Waals surface area contributed by atoms with Gasteiger partial charge < -0.3 is 14.6 Å². The van der Waals surface area contributed by atoms with Gasteiger partial charge in [-0.2, -0.15) is 4.98 Å². The number of nitrogens with one attached hydrogen (secondary N) is 1. The largest absolute Gasteiger partial charge is 0.465 e. The van der Waals surface area contributed by atoms with Gasteiger partial charge in [-0.15, -0.1) is 0 Å². The Hall–Kier alpha value is -1.92. The quantitative estimate of drug-likeness (QED) is 0.704. The minimum atomic E-state index is -0.450. The number of aromatic nitrogens is 2. The molecule has 7 nitrogen and oxygen atoms in total. The first-order valence-electron chi connectivity index (χ1n) is 5.33. The van der Waals surface area contributed by atoms with Gasteiger partial charge in [0.2, 0.25) is 11.8 Å². The topological polar surface area (TPSA) is 94.3 Å². The molecule has 0 spiro atoms. The van der Waals surface area contributed by atoms with Gasteiger partial charge in [0.1, 0.15) is 6.54 Å². The summed E-state index contributed by atoms with van der Waals surface area (Å²) in [6.45, 7) is 3.59. The molecule has 0 saturated heterocycles. The maximum atomic E-state index is 11.3. The molecule has 1 heterocycles. The Kier molecular flexibility index (Phi) is 5.12. The maximum absolute atomic E-state index is 11.3. The zero-order chi connectivity index (χ0) is 12.7. The summed E-state index contributed by atoms with van der Waals surface area (Å²) < 4.78 is 9.51. The molecule has 0 atom stereocenters. The maximum Gasteiger partial charge on any atom is 0.325 e. The highest BCUT2D eigenvalue weighted by Gasteiger charge is 2.09. The molecule has 0 bridgehead atoms. The van der Waals surface area contributed by atoms with Crippen LogP contribution in [0.4, 0.5) is 0 Å². The molecule has 0 radical (unpaired) electrons. The second-order valence-electron chi connectivity index (χ2n) is 3.32. The Morgan fingerprint density at radius 1 is 1.47 bits per heavy atom. The van der Waals surface area contributed by atoms with Crippen molar-refractivity contribution in [1.82, 2.24) is 15.5 Å². The van der Waals surface area contributed by atoms with Crippen LogP contribution in [0.15, 0.2) is 4.52 Å². The molecule has 0 aliphatic rings. The lowest BCUT2D eigenvalue weighted by Gasteiger charge is -2.03. The molecular weight excluding hydrogens is 226 g/mol. The van der Waals surface area contributed by atoms with E-state index in [0.29, 0.717) is 24.7 Å². The van der Waals surface area contributed by atoms with Crippen LogP contribution >= 0.6 is 0 Å². The van der Waals surface area contributed by atoms with E-state index in [4.69, 9.17) is 4.52 Å². The van der Waals surface area contributed by atoms with Crippen LogP contribution in [0.1, 0.15) is 25.1 Å². The molecule has 1 amide bonds. The second-order valence-corrected chi connectivity index (χ2v) is 3.32. The first-order valence-corrected chi connectivity index (χ1v) is 5.33. The van der Waals surface area contributed by atoms with Gasteiger partial charge in [0, 0.05) is 12.8 Å². The van der Waals surface area contributed by atoms with E-state index in [9.17, 15) is 9.59 Å². The fourth-order valence-corrected chi connectivity index (χ4v) is 1.13. The van der Waals surface area contributed by atoms with Gasteiger partial charge in [0.05, 0.1) is 6.61 Å². The fourth-order valence-electron chi connectivity index (χ4n) is 1.13. The lowest BCUT2D eigenvalue weighted by Crippen LogP contribution is -2.30. The van der Waals surface area contributed by atoms with Crippen molar-refractivity contribution in [3.05, 3.63) is 11.7 Å². The summed E-state index contributed by atoms with van der Waals surface area (Å²) in [6, 6.07) is 0. The Labute approximate surface area is 98.5 Å². The van der Waals surface area contributed by atoms with E-state index < -0.39 is 5.97 Å². The molecule has 0 fully saturated rings. The summed E-state index contributed by atoms with van der Waals surface area (Å²) in [7, 11) is 0. The van der Waals surface area contributed by atoms with Gasteiger partial charge in [0.25, 0.3) is 0 Å². The Morgan fingerprint density at radius 2 is 2.24 bits per heavy atom. The zero-order valence-corrected chi connectivity index (χ0v) is 9.86. The summed E-state index contributed by atoms with van der Waals surface area (Å²) in [5.41, 5.74) is 0.